The highest BCUT2D eigenvalue weighted by Gasteiger charge is 2.16. The van der Waals surface area contributed by atoms with E-state index in [1.165, 1.54) is 30.7 Å². The lowest BCUT2D eigenvalue weighted by atomic mass is 10.1. The maximum absolute atomic E-state index is 13.7. The molecule has 0 saturated carbocycles. The third-order valence-corrected chi connectivity index (χ3v) is 3.55. The van der Waals surface area contributed by atoms with Crippen molar-refractivity contribution in [3.63, 3.8) is 0 Å². The number of ketones is 1. The van der Waals surface area contributed by atoms with E-state index < -0.39 is 11.5 Å². The summed E-state index contributed by atoms with van der Waals surface area (Å²) >= 11 is 0.941. The topological polar surface area (TPSA) is 67.8 Å². The zero-order valence-electron chi connectivity index (χ0n) is 9.73. The Morgan fingerprint density at radius 1 is 1.50 bits per heavy atom. The molecule has 1 aromatic carbocycles. The molecular formula is C11H10FN3O2S. The molecule has 0 unspecified atom stereocenters. The Kier molecular flexibility index (Phi) is 3.33. The number of H-pyrrole nitrogens is 1. The lowest BCUT2D eigenvalue weighted by Crippen LogP contribution is -2.13. The summed E-state index contributed by atoms with van der Waals surface area (Å²) in [4.78, 5) is 22.8. The predicted octanol–water partition coefficient (Wildman–Crippen LogP) is 1.60. The molecule has 0 saturated heterocycles. The minimum atomic E-state index is -0.511. The fraction of sp³-hybridized carbons (Fsp3) is 0.182. The highest BCUT2D eigenvalue weighted by molar-refractivity contribution is 7.99. The number of nitrogens with zero attached hydrogens (tertiary/aromatic N) is 2. The Morgan fingerprint density at radius 3 is 2.78 bits per heavy atom. The molecule has 1 aromatic heterocycles. The van der Waals surface area contributed by atoms with Crippen molar-refractivity contribution in [1.29, 1.82) is 0 Å². The Hall–Kier alpha value is -1.89. The number of halogens is 1. The molecule has 2 aromatic rings. The zero-order valence-corrected chi connectivity index (χ0v) is 10.5. The molecular weight excluding hydrogens is 257 g/mol. The molecule has 0 aliphatic rings. The van der Waals surface area contributed by atoms with Crippen LogP contribution in [0.5, 0.6) is 0 Å². The average molecular weight is 267 g/mol. The normalized spacial score (nSPS) is 10.6. The lowest BCUT2D eigenvalue weighted by molar-refractivity contribution is 0.101. The van der Waals surface area contributed by atoms with E-state index in [4.69, 9.17) is 0 Å². The fourth-order valence-electron chi connectivity index (χ4n) is 1.40. The van der Waals surface area contributed by atoms with Gasteiger partial charge in [0.15, 0.2) is 10.9 Å². The van der Waals surface area contributed by atoms with Gasteiger partial charge in [0, 0.05) is 12.6 Å². The highest BCUT2D eigenvalue weighted by atomic mass is 32.2. The van der Waals surface area contributed by atoms with Gasteiger partial charge in [-0.3, -0.25) is 9.36 Å². The standard InChI is InChI=1S/C11H10FN3O2S/c1-6(16)7-4-3-5-8(12)9(7)18-11-14-13-10(17)15(11)2/h3-5H,1-2H3,(H,13,17). The molecule has 18 heavy (non-hydrogen) atoms. The molecule has 0 atom stereocenters. The van der Waals surface area contributed by atoms with Crippen LogP contribution in [-0.4, -0.2) is 20.5 Å². The highest BCUT2D eigenvalue weighted by Crippen LogP contribution is 2.30. The second kappa shape index (κ2) is 4.77. The molecule has 94 valence electrons. The number of Topliss-reactive ketones (excluding diaryl/α,β-unsaturated/α-hetero) is 1. The lowest BCUT2D eigenvalue weighted by Gasteiger charge is -2.06. The van der Waals surface area contributed by atoms with Gasteiger partial charge in [-0.15, -0.1) is 5.10 Å². The van der Waals surface area contributed by atoms with Gasteiger partial charge in [-0.25, -0.2) is 14.3 Å². The first kappa shape index (κ1) is 12.6. The molecule has 0 aliphatic heterocycles. The Bertz CT molecular complexity index is 663. The molecule has 1 N–H and O–H groups in total. The average Bonchev–Trinajstić information content (AvgIpc) is 2.63. The van der Waals surface area contributed by atoms with E-state index in [-0.39, 0.29) is 16.2 Å². The fourth-order valence-corrected chi connectivity index (χ4v) is 2.39. The first-order chi connectivity index (χ1) is 8.50. The van der Waals surface area contributed by atoms with E-state index in [1.54, 1.807) is 6.07 Å². The number of hydrogen-bond donors (Lipinski definition) is 1. The van der Waals surface area contributed by atoms with Crippen molar-refractivity contribution in [2.24, 2.45) is 7.05 Å². The molecule has 0 spiro atoms. The van der Waals surface area contributed by atoms with Gasteiger partial charge in [0.25, 0.3) is 0 Å². The first-order valence-corrected chi connectivity index (χ1v) is 5.91. The molecule has 2 rings (SSSR count). The van der Waals surface area contributed by atoms with E-state index in [0.717, 1.165) is 11.8 Å². The number of carbonyl (C=O) groups is 1. The molecule has 0 amide bonds. The largest absolute Gasteiger partial charge is 0.343 e. The number of aromatic nitrogens is 3. The van der Waals surface area contributed by atoms with Crippen molar-refractivity contribution >= 4 is 17.5 Å². The molecule has 0 aliphatic carbocycles. The summed E-state index contributed by atoms with van der Waals surface area (Å²) in [5, 5.41) is 6.32. The summed E-state index contributed by atoms with van der Waals surface area (Å²) in [6, 6.07) is 4.28. The minimum absolute atomic E-state index is 0.173. The summed E-state index contributed by atoms with van der Waals surface area (Å²) < 4.78 is 15.0. The van der Waals surface area contributed by atoms with Crippen molar-refractivity contribution < 1.29 is 9.18 Å². The maximum Gasteiger partial charge on any atom is 0.343 e. The Balaban J connectivity index is 2.49. The van der Waals surface area contributed by atoms with Crippen LogP contribution < -0.4 is 5.69 Å². The van der Waals surface area contributed by atoms with E-state index in [9.17, 15) is 14.0 Å². The minimum Gasteiger partial charge on any atom is -0.294 e. The number of rotatable bonds is 3. The smallest absolute Gasteiger partial charge is 0.294 e. The van der Waals surface area contributed by atoms with Crippen LogP contribution in [0, 0.1) is 5.82 Å². The zero-order chi connectivity index (χ0) is 13.3. The van der Waals surface area contributed by atoms with Crippen LogP contribution in [0.15, 0.2) is 33.0 Å². The van der Waals surface area contributed by atoms with Crippen molar-refractivity contribution in [2.75, 3.05) is 0 Å². The third kappa shape index (κ3) is 2.21. The molecule has 0 radical (unpaired) electrons. The van der Waals surface area contributed by atoms with Gasteiger partial charge >= 0.3 is 5.69 Å². The number of nitrogens with one attached hydrogen (secondary N) is 1. The number of benzene rings is 1. The number of carbonyl (C=O) groups excluding carboxylic acids is 1. The van der Waals surface area contributed by atoms with Crippen LogP contribution in [0.1, 0.15) is 17.3 Å². The van der Waals surface area contributed by atoms with Crippen molar-refractivity contribution in [1.82, 2.24) is 14.8 Å². The quantitative estimate of drug-likeness (QED) is 0.858. The monoisotopic (exact) mass is 267 g/mol. The molecule has 1 heterocycles. The molecule has 0 fully saturated rings. The van der Waals surface area contributed by atoms with Gasteiger partial charge in [-0.1, -0.05) is 12.1 Å². The second-order valence-electron chi connectivity index (χ2n) is 3.65. The van der Waals surface area contributed by atoms with E-state index in [2.05, 4.69) is 10.2 Å². The van der Waals surface area contributed by atoms with Crippen molar-refractivity contribution in [2.45, 2.75) is 17.0 Å². The van der Waals surface area contributed by atoms with Gasteiger partial charge in [-0.05, 0) is 24.8 Å². The first-order valence-electron chi connectivity index (χ1n) is 5.09. The van der Waals surface area contributed by atoms with E-state index in [0.29, 0.717) is 5.16 Å². The molecule has 0 bridgehead atoms. The number of hydrogen-bond acceptors (Lipinski definition) is 4. The van der Waals surface area contributed by atoms with Gasteiger partial charge in [0.2, 0.25) is 0 Å². The number of aromatic amines is 1. The Labute approximate surface area is 106 Å². The SMILES string of the molecule is CC(=O)c1cccc(F)c1Sc1n[nH]c(=O)n1C. The summed E-state index contributed by atoms with van der Waals surface area (Å²) in [7, 11) is 1.52. The predicted molar refractivity (Wildman–Crippen MR) is 64.4 cm³/mol. The van der Waals surface area contributed by atoms with Gasteiger partial charge in [-0.2, -0.15) is 0 Å². The maximum atomic E-state index is 13.7. The van der Waals surface area contributed by atoms with Crippen LogP contribution in [0.25, 0.3) is 0 Å². The van der Waals surface area contributed by atoms with Crippen molar-refractivity contribution in [3.8, 4) is 0 Å². The summed E-state index contributed by atoms with van der Waals surface area (Å²) in [6.45, 7) is 1.36. The molecule has 7 heteroatoms. The second-order valence-corrected chi connectivity index (χ2v) is 4.62. The van der Waals surface area contributed by atoms with Crippen LogP contribution in [0.3, 0.4) is 0 Å². The van der Waals surface area contributed by atoms with E-state index >= 15 is 0 Å². The van der Waals surface area contributed by atoms with Gasteiger partial charge < -0.3 is 0 Å². The van der Waals surface area contributed by atoms with Gasteiger partial charge in [0.05, 0.1) is 4.90 Å². The Morgan fingerprint density at radius 2 is 2.22 bits per heavy atom. The van der Waals surface area contributed by atoms with Crippen LogP contribution in [0.2, 0.25) is 0 Å². The van der Waals surface area contributed by atoms with E-state index in [1.807, 2.05) is 0 Å². The van der Waals surface area contributed by atoms with Gasteiger partial charge in [0.1, 0.15) is 5.82 Å². The van der Waals surface area contributed by atoms with Crippen LogP contribution in [0.4, 0.5) is 4.39 Å². The van der Waals surface area contributed by atoms with Crippen LogP contribution in [-0.2, 0) is 7.05 Å². The summed E-state index contributed by atoms with van der Waals surface area (Å²) in [5.74, 6) is -0.749. The summed E-state index contributed by atoms with van der Waals surface area (Å²) in [5.41, 5.74) is -0.117. The summed E-state index contributed by atoms with van der Waals surface area (Å²) in [6.07, 6.45) is 0. The third-order valence-electron chi connectivity index (χ3n) is 2.38. The van der Waals surface area contributed by atoms with Crippen molar-refractivity contribution in [3.05, 3.63) is 40.1 Å². The molecule has 5 nitrogen and oxygen atoms in total. The van der Waals surface area contributed by atoms with Crippen LogP contribution >= 0.6 is 11.8 Å².